The Labute approximate surface area is 127 Å². The van der Waals surface area contributed by atoms with Crippen LogP contribution in [0.5, 0.6) is 0 Å². The zero-order chi connectivity index (χ0) is 15.2. The Morgan fingerprint density at radius 2 is 2.05 bits per heavy atom. The maximum atomic E-state index is 11.2. The molecular formula is C15H15ClN3O2+. The summed E-state index contributed by atoms with van der Waals surface area (Å²) in [7, 11) is 0. The average molecular weight is 305 g/mol. The van der Waals surface area contributed by atoms with Crippen LogP contribution >= 0.6 is 11.6 Å². The lowest BCUT2D eigenvalue weighted by Gasteiger charge is -2.03. The lowest BCUT2D eigenvalue weighted by atomic mass is 10.1. The third-order valence-electron chi connectivity index (χ3n) is 2.97. The molecule has 1 aromatic carbocycles. The van der Waals surface area contributed by atoms with Crippen molar-refractivity contribution in [2.45, 2.75) is 12.8 Å². The summed E-state index contributed by atoms with van der Waals surface area (Å²) in [6.45, 7) is 0. The Bertz CT molecular complexity index is 672. The highest BCUT2D eigenvalue weighted by atomic mass is 35.5. The minimum atomic E-state index is -1.15. The van der Waals surface area contributed by atoms with Gasteiger partial charge in [-0.3, -0.25) is 0 Å². The maximum absolute atomic E-state index is 11.2. The van der Waals surface area contributed by atoms with Gasteiger partial charge >= 0.3 is 5.97 Å². The van der Waals surface area contributed by atoms with Crippen molar-refractivity contribution < 1.29 is 14.9 Å². The van der Waals surface area contributed by atoms with Gasteiger partial charge in [0, 0.05) is 6.42 Å². The summed E-state index contributed by atoms with van der Waals surface area (Å²) in [5.41, 5.74) is 7.09. The van der Waals surface area contributed by atoms with Crippen molar-refractivity contribution in [3.63, 3.8) is 0 Å². The second-order valence-corrected chi connectivity index (χ2v) is 4.83. The number of pyridine rings is 1. The molecule has 2 aromatic rings. The van der Waals surface area contributed by atoms with Crippen LogP contribution < -0.4 is 10.7 Å². The fourth-order valence-corrected chi connectivity index (χ4v) is 2.29. The molecule has 1 heterocycles. The van der Waals surface area contributed by atoms with Crippen LogP contribution in [0.25, 0.3) is 0 Å². The van der Waals surface area contributed by atoms with E-state index in [2.05, 4.69) is 9.98 Å². The molecule has 0 aliphatic heterocycles. The van der Waals surface area contributed by atoms with E-state index in [0.717, 1.165) is 12.8 Å². The molecule has 0 fully saturated rings. The third kappa shape index (κ3) is 3.79. The SMILES string of the molecule is NC=[NH+]c1nc(CCc2ccccc2)cc(Cl)c1C(=O)O. The molecule has 0 spiro atoms. The Hall–Kier alpha value is -2.40. The largest absolute Gasteiger partial charge is 0.477 e. The van der Waals surface area contributed by atoms with Crippen molar-refractivity contribution in [1.82, 2.24) is 4.98 Å². The van der Waals surface area contributed by atoms with Gasteiger partial charge in [0.15, 0.2) is 11.9 Å². The van der Waals surface area contributed by atoms with E-state index in [1.807, 2.05) is 30.3 Å². The number of nitrogens with zero attached hydrogens (tertiary/aromatic N) is 1. The van der Waals surface area contributed by atoms with Gasteiger partial charge in [-0.1, -0.05) is 41.9 Å². The summed E-state index contributed by atoms with van der Waals surface area (Å²) < 4.78 is 0. The van der Waals surface area contributed by atoms with Gasteiger partial charge in [-0.05, 0) is 18.1 Å². The summed E-state index contributed by atoms with van der Waals surface area (Å²) >= 11 is 6.03. The second kappa shape index (κ2) is 6.85. The van der Waals surface area contributed by atoms with Gasteiger partial charge in [-0.2, -0.15) is 0 Å². The molecule has 5 nitrogen and oxygen atoms in total. The van der Waals surface area contributed by atoms with Crippen molar-refractivity contribution in [1.29, 1.82) is 0 Å². The lowest BCUT2D eigenvalue weighted by Crippen LogP contribution is -2.65. The van der Waals surface area contributed by atoms with Crippen LogP contribution in [-0.2, 0) is 12.8 Å². The first kappa shape index (κ1) is 15.0. The van der Waals surface area contributed by atoms with E-state index in [4.69, 9.17) is 22.4 Å². The van der Waals surface area contributed by atoms with Gasteiger partial charge in [0.05, 0.1) is 5.02 Å². The number of carboxylic acid groups (broad SMARTS) is 1. The molecule has 0 bridgehead atoms. The third-order valence-corrected chi connectivity index (χ3v) is 3.27. The quantitative estimate of drug-likeness (QED) is 0.566. The molecule has 0 saturated carbocycles. The molecule has 0 atom stereocenters. The molecule has 108 valence electrons. The minimum Gasteiger partial charge on any atom is -0.477 e. The smallest absolute Gasteiger partial charge is 0.344 e. The fraction of sp³-hybridized carbons (Fsp3) is 0.133. The van der Waals surface area contributed by atoms with Crippen LogP contribution in [0.4, 0.5) is 5.82 Å². The van der Waals surface area contributed by atoms with Gasteiger partial charge in [-0.15, -0.1) is 4.98 Å². The van der Waals surface area contributed by atoms with E-state index in [9.17, 15) is 4.79 Å². The Morgan fingerprint density at radius 3 is 2.67 bits per heavy atom. The number of hydrogen-bond donors (Lipinski definition) is 3. The van der Waals surface area contributed by atoms with Crippen LogP contribution in [0.1, 0.15) is 21.6 Å². The van der Waals surface area contributed by atoms with E-state index < -0.39 is 5.97 Å². The highest BCUT2D eigenvalue weighted by molar-refractivity contribution is 6.34. The van der Waals surface area contributed by atoms with Crippen molar-refractivity contribution >= 4 is 29.7 Å². The molecule has 0 aliphatic carbocycles. The Balaban J connectivity index is 2.27. The number of aryl methyl sites for hydroxylation is 2. The van der Waals surface area contributed by atoms with E-state index in [1.54, 1.807) is 6.07 Å². The lowest BCUT2D eigenvalue weighted by molar-refractivity contribution is -0.354. The first-order valence-corrected chi connectivity index (χ1v) is 6.76. The van der Waals surface area contributed by atoms with Crippen molar-refractivity contribution in [2.75, 3.05) is 0 Å². The van der Waals surface area contributed by atoms with E-state index >= 15 is 0 Å². The van der Waals surface area contributed by atoms with Gasteiger partial charge in [0.1, 0.15) is 5.69 Å². The summed E-state index contributed by atoms with van der Waals surface area (Å²) in [4.78, 5) is 18.1. The number of halogens is 1. The van der Waals surface area contributed by atoms with Gasteiger partial charge < -0.3 is 10.8 Å². The number of nitrogens with one attached hydrogen (secondary N) is 1. The summed E-state index contributed by atoms with van der Waals surface area (Å²) in [5, 5.41) is 9.30. The molecule has 21 heavy (non-hydrogen) atoms. The van der Waals surface area contributed by atoms with Crippen molar-refractivity contribution in [3.8, 4) is 0 Å². The first-order valence-electron chi connectivity index (χ1n) is 6.38. The maximum Gasteiger partial charge on any atom is 0.344 e. The molecule has 0 aliphatic rings. The van der Waals surface area contributed by atoms with Gasteiger partial charge in [0.2, 0.25) is 0 Å². The molecule has 6 heteroatoms. The average Bonchev–Trinajstić information content (AvgIpc) is 2.46. The highest BCUT2D eigenvalue weighted by Gasteiger charge is 2.21. The number of nitrogens with two attached hydrogens (primary N) is 1. The zero-order valence-electron chi connectivity index (χ0n) is 11.2. The van der Waals surface area contributed by atoms with Crippen LogP contribution in [0.2, 0.25) is 5.02 Å². The second-order valence-electron chi connectivity index (χ2n) is 4.42. The number of aromatic carboxylic acids is 1. The predicted octanol–water partition coefficient (Wildman–Crippen LogP) is 0.918. The number of aromatic nitrogens is 1. The van der Waals surface area contributed by atoms with Crippen LogP contribution in [0, 0.1) is 0 Å². The minimum absolute atomic E-state index is 0.0816. The molecule has 4 N–H and O–H groups in total. The monoisotopic (exact) mass is 304 g/mol. The number of rotatable bonds is 5. The predicted molar refractivity (Wildman–Crippen MR) is 80.9 cm³/mol. The van der Waals surface area contributed by atoms with E-state index in [-0.39, 0.29) is 16.4 Å². The van der Waals surface area contributed by atoms with Crippen LogP contribution in [0.3, 0.4) is 0 Å². The molecule has 1 aromatic heterocycles. The summed E-state index contributed by atoms with van der Waals surface area (Å²) in [6, 6.07) is 11.5. The van der Waals surface area contributed by atoms with E-state index in [1.165, 1.54) is 5.56 Å². The topological polar surface area (TPSA) is 90.2 Å². The van der Waals surface area contributed by atoms with Gasteiger partial charge in [-0.25, -0.2) is 9.79 Å². The molecule has 0 radical (unpaired) electrons. The number of hydrogen-bond acceptors (Lipinski definition) is 2. The standard InChI is InChI=1S/C15H14ClN3O2/c16-12-8-11(7-6-10-4-2-1-3-5-10)19-14(18-9-17)13(12)15(20)21/h1-5,8-9H,6-7H2,(H,20,21)(H2,17,18,19)/p+1. The number of carbonyl (C=O) groups is 1. The molecule has 0 amide bonds. The molecule has 0 unspecified atom stereocenters. The van der Waals surface area contributed by atoms with Crippen molar-refractivity contribution in [2.24, 2.45) is 5.73 Å². The van der Waals surface area contributed by atoms with Crippen LogP contribution in [0.15, 0.2) is 36.4 Å². The van der Waals surface area contributed by atoms with E-state index in [0.29, 0.717) is 12.1 Å². The zero-order valence-corrected chi connectivity index (χ0v) is 12.0. The Kier molecular flexibility index (Phi) is 4.90. The first-order chi connectivity index (χ1) is 10.1. The highest BCUT2D eigenvalue weighted by Crippen LogP contribution is 2.21. The fourth-order valence-electron chi connectivity index (χ4n) is 2.00. The van der Waals surface area contributed by atoms with Crippen molar-refractivity contribution in [3.05, 3.63) is 58.2 Å². The van der Waals surface area contributed by atoms with Crippen LogP contribution in [-0.4, -0.2) is 22.4 Å². The van der Waals surface area contributed by atoms with Gasteiger partial charge in [0.25, 0.3) is 5.82 Å². The summed E-state index contributed by atoms with van der Waals surface area (Å²) in [5.74, 6) is -0.993. The molecule has 2 rings (SSSR count). The summed E-state index contributed by atoms with van der Waals surface area (Å²) in [6.07, 6.45) is 2.58. The number of benzene rings is 1. The molecule has 0 saturated heterocycles. The Morgan fingerprint density at radius 1 is 1.33 bits per heavy atom. The normalized spacial score (nSPS) is 10.9. The molecular weight excluding hydrogens is 290 g/mol. The number of carboxylic acids is 1.